The molecule has 3 heteroatoms. The van der Waals surface area contributed by atoms with E-state index in [2.05, 4.69) is 4.98 Å². The number of likely N-dealkylation sites (tertiary alicyclic amines) is 1. The van der Waals surface area contributed by atoms with Crippen LogP contribution >= 0.6 is 0 Å². The molecule has 1 fully saturated rings. The smallest absolute Gasteiger partial charge is 0.254 e. The van der Waals surface area contributed by atoms with Crippen LogP contribution in [-0.4, -0.2) is 28.9 Å². The highest BCUT2D eigenvalue weighted by atomic mass is 16.2. The van der Waals surface area contributed by atoms with Gasteiger partial charge in [0.2, 0.25) is 0 Å². The van der Waals surface area contributed by atoms with Gasteiger partial charge in [-0.1, -0.05) is 18.2 Å². The third kappa shape index (κ3) is 1.58. The summed E-state index contributed by atoms with van der Waals surface area (Å²) in [5.41, 5.74) is 2.66. The first-order chi connectivity index (χ1) is 8.27. The molecule has 2 heterocycles. The van der Waals surface area contributed by atoms with Gasteiger partial charge in [-0.3, -0.25) is 9.78 Å². The van der Waals surface area contributed by atoms with E-state index >= 15 is 0 Å². The molecular weight excluding hydrogens is 212 g/mol. The quantitative estimate of drug-likeness (QED) is 0.748. The second-order valence-corrected chi connectivity index (χ2v) is 4.48. The Labute approximate surface area is 100 Å². The summed E-state index contributed by atoms with van der Waals surface area (Å²) in [5.74, 6) is 0.146. The van der Waals surface area contributed by atoms with Gasteiger partial charge in [0.25, 0.3) is 5.91 Å². The highest BCUT2D eigenvalue weighted by Gasteiger charge is 2.24. The number of pyridine rings is 1. The van der Waals surface area contributed by atoms with Crippen LogP contribution in [0.5, 0.6) is 0 Å². The van der Waals surface area contributed by atoms with Crippen LogP contribution in [0, 0.1) is 6.92 Å². The Morgan fingerprint density at radius 1 is 1.29 bits per heavy atom. The van der Waals surface area contributed by atoms with Crippen LogP contribution in [0.25, 0.3) is 10.9 Å². The molecule has 0 N–H and O–H groups in total. The number of carbonyl (C=O) groups is 1. The maximum absolute atomic E-state index is 12.4. The van der Waals surface area contributed by atoms with Gasteiger partial charge in [-0.15, -0.1) is 0 Å². The third-order valence-corrected chi connectivity index (χ3v) is 3.32. The normalized spacial score (nSPS) is 14.8. The number of rotatable bonds is 1. The van der Waals surface area contributed by atoms with Crippen molar-refractivity contribution in [3.8, 4) is 0 Å². The molecule has 1 aromatic carbocycles. The van der Waals surface area contributed by atoms with Gasteiger partial charge in [-0.25, -0.2) is 0 Å². The lowest BCUT2D eigenvalue weighted by Gasteiger charge is -2.31. The molecule has 3 nitrogen and oxygen atoms in total. The number of amides is 1. The summed E-state index contributed by atoms with van der Waals surface area (Å²) in [6.07, 6.45) is 2.91. The minimum atomic E-state index is 0.146. The Balaban J connectivity index is 2.19. The summed E-state index contributed by atoms with van der Waals surface area (Å²) < 4.78 is 0. The van der Waals surface area contributed by atoms with Crippen molar-refractivity contribution in [3.05, 3.63) is 41.6 Å². The number of nitrogens with zero attached hydrogens (tertiary/aromatic N) is 2. The first-order valence-corrected chi connectivity index (χ1v) is 5.91. The molecular formula is C14H14N2O. The molecule has 3 rings (SSSR count). The average Bonchev–Trinajstić information content (AvgIpc) is 2.26. The van der Waals surface area contributed by atoms with Crippen LogP contribution < -0.4 is 0 Å². The van der Waals surface area contributed by atoms with E-state index < -0.39 is 0 Å². The van der Waals surface area contributed by atoms with Crippen LogP contribution in [0.15, 0.2) is 30.5 Å². The zero-order valence-electron chi connectivity index (χ0n) is 9.81. The topological polar surface area (TPSA) is 33.2 Å². The minimum absolute atomic E-state index is 0.146. The molecule has 0 aliphatic carbocycles. The van der Waals surface area contributed by atoms with Crippen molar-refractivity contribution in [1.29, 1.82) is 0 Å². The summed E-state index contributed by atoms with van der Waals surface area (Å²) in [6.45, 7) is 3.72. The van der Waals surface area contributed by atoms with E-state index in [4.69, 9.17) is 0 Å². The molecule has 1 amide bonds. The molecule has 0 radical (unpaired) electrons. The zero-order valence-corrected chi connectivity index (χ0v) is 9.81. The predicted octanol–water partition coefficient (Wildman–Crippen LogP) is 2.39. The molecule has 0 bridgehead atoms. The van der Waals surface area contributed by atoms with Crippen molar-refractivity contribution < 1.29 is 4.79 Å². The Hall–Kier alpha value is -1.90. The van der Waals surface area contributed by atoms with Crippen molar-refractivity contribution in [3.63, 3.8) is 0 Å². The van der Waals surface area contributed by atoms with Gasteiger partial charge in [0.05, 0.1) is 11.1 Å². The fraction of sp³-hybridized carbons (Fsp3) is 0.286. The Bertz CT molecular complexity index is 588. The van der Waals surface area contributed by atoms with E-state index in [0.29, 0.717) is 0 Å². The minimum Gasteiger partial charge on any atom is -0.338 e. The molecule has 2 aromatic rings. The van der Waals surface area contributed by atoms with Crippen LogP contribution in [0.2, 0.25) is 0 Å². The lowest BCUT2D eigenvalue weighted by Crippen LogP contribution is -2.42. The van der Waals surface area contributed by atoms with Gasteiger partial charge >= 0.3 is 0 Å². The molecule has 0 saturated carbocycles. The van der Waals surface area contributed by atoms with Crippen LogP contribution in [0.3, 0.4) is 0 Å². The summed E-state index contributed by atoms with van der Waals surface area (Å²) in [6, 6.07) is 7.82. The second-order valence-electron chi connectivity index (χ2n) is 4.48. The molecule has 0 unspecified atom stereocenters. The van der Waals surface area contributed by atoms with E-state index in [1.165, 1.54) is 0 Å². The number of aromatic nitrogens is 1. The van der Waals surface area contributed by atoms with Crippen molar-refractivity contribution in [2.45, 2.75) is 13.3 Å². The van der Waals surface area contributed by atoms with E-state index in [1.54, 1.807) is 6.20 Å². The Kier molecular flexibility index (Phi) is 2.32. The standard InChI is InChI=1S/C14H14N2O/c1-10-9-15-12-6-3-2-5-11(12)13(10)14(17)16-7-4-8-16/h2-3,5-6,9H,4,7-8H2,1H3. The van der Waals surface area contributed by atoms with Crippen molar-refractivity contribution in [2.75, 3.05) is 13.1 Å². The van der Waals surface area contributed by atoms with Gasteiger partial charge in [0.15, 0.2) is 0 Å². The lowest BCUT2D eigenvalue weighted by molar-refractivity contribution is 0.0653. The van der Waals surface area contributed by atoms with E-state index in [1.807, 2.05) is 36.1 Å². The van der Waals surface area contributed by atoms with Crippen molar-refractivity contribution in [1.82, 2.24) is 9.88 Å². The summed E-state index contributed by atoms with van der Waals surface area (Å²) >= 11 is 0. The van der Waals surface area contributed by atoms with E-state index in [0.717, 1.165) is 41.5 Å². The van der Waals surface area contributed by atoms with Crippen molar-refractivity contribution >= 4 is 16.8 Å². The summed E-state index contributed by atoms with van der Waals surface area (Å²) in [7, 11) is 0. The second kappa shape index (κ2) is 3.84. The summed E-state index contributed by atoms with van der Waals surface area (Å²) in [5, 5.41) is 0.962. The Morgan fingerprint density at radius 2 is 2.06 bits per heavy atom. The first kappa shape index (κ1) is 10.3. The third-order valence-electron chi connectivity index (χ3n) is 3.32. The predicted molar refractivity (Wildman–Crippen MR) is 67.0 cm³/mol. The molecule has 17 heavy (non-hydrogen) atoms. The highest BCUT2D eigenvalue weighted by molar-refractivity contribution is 6.07. The summed E-state index contributed by atoms with van der Waals surface area (Å²) in [4.78, 5) is 18.6. The molecule has 1 saturated heterocycles. The number of carbonyl (C=O) groups excluding carboxylic acids is 1. The van der Waals surface area contributed by atoms with Crippen LogP contribution in [-0.2, 0) is 0 Å². The van der Waals surface area contributed by atoms with E-state index in [9.17, 15) is 4.79 Å². The van der Waals surface area contributed by atoms with Crippen LogP contribution in [0.4, 0.5) is 0 Å². The van der Waals surface area contributed by atoms with Gasteiger partial charge in [-0.2, -0.15) is 0 Å². The molecule has 0 spiro atoms. The molecule has 1 aliphatic rings. The maximum atomic E-state index is 12.4. The maximum Gasteiger partial charge on any atom is 0.254 e. The fourth-order valence-electron chi connectivity index (χ4n) is 2.20. The van der Waals surface area contributed by atoms with E-state index in [-0.39, 0.29) is 5.91 Å². The number of aryl methyl sites for hydroxylation is 1. The largest absolute Gasteiger partial charge is 0.338 e. The molecule has 1 aromatic heterocycles. The van der Waals surface area contributed by atoms with Gasteiger partial charge in [0.1, 0.15) is 0 Å². The van der Waals surface area contributed by atoms with Crippen LogP contribution in [0.1, 0.15) is 22.3 Å². The Morgan fingerprint density at radius 3 is 2.76 bits per heavy atom. The lowest BCUT2D eigenvalue weighted by atomic mass is 10.0. The zero-order chi connectivity index (χ0) is 11.8. The number of fused-ring (bicyclic) bond motifs is 1. The van der Waals surface area contributed by atoms with Gasteiger partial charge < -0.3 is 4.90 Å². The number of para-hydroxylation sites is 1. The highest BCUT2D eigenvalue weighted by Crippen LogP contribution is 2.23. The first-order valence-electron chi connectivity index (χ1n) is 5.91. The SMILES string of the molecule is Cc1cnc2ccccc2c1C(=O)N1CCC1. The fourth-order valence-corrected chi connectivity index (χ4v) is 2.20. The average molecular weight is 226 g/mol. The number of benzene rings is 1. The molecule has 86 valence electrons. The number of hydrogen-bond donors (Lipinski definition) is 0. The monoisotopic (exact) mass is 226 g/mol. The molecule has 0 atom stereocenters. The van der Waals surface area contributed by atoms with Crippen molar-refractivity contribution in [2.24, 2.45) is 0 Å². The van der Waals surface area contributed by atoms with Gasteiger partial charge in [-0.05, 0) is 25.0 Å². The number of hydrogen-bond acceptors (Lipinski definition) is 2. The molecule has 1 aliphatic heterocycles. The van der Waals surface area contributed by atoms with Gasteiger partial charge in [0, 0.05) is 24.7 Å².